The number of carbonyl (C=O) groups excluding carboxylic acids is 3. The third kappa shape index (κ3) is 7.84. The number of aromatic nitrogens is 2. The molecule has 6 rings (SSSR count). The number of sulfonamides is 1. The molecule has 18 heteroatoms. The van der Waals surface area contributed by atoms with Crippen molar-refractivity contribution in [2.75, 3.05) is 19.0 Å². The van der Waals surface area contributed by atoms with Crippen LogP contribution in [0.1, 0.15) is 52.0 Å². The molecular formula is C36H40ClF3N6O7S. The summed E-state index contributed by atoms with van der Waals surface area (Å²) < 4.78 is 80.2. The zero-order chi connectivity index (χ0) is 39.4. The van der Waals surface area contributed by atoms with E-state index in [-0.39, 0.29) is 31.0 Å². The second kappa shape index (κ2) is 14.3. The molecule has 0 unspecified atom stereocenters. The van der Waals surface area contributed by atoms with Crippen LogP contribution in [0.15, 0.2) is 55.5 Å². The lowest BCUT2D eigenvalue weighted by atomic mass is 9.86. The van der Waals surface area contributed by atoms with Gasteiger partial charge in [0.1, 0.15) is 23.4 Å². The van der Waals surface area contributed by atoms with E-state index in [2.05, 4.69) is 31.9 Å². The molecule has 13 nitrogen and oxygen atoms in total. The first-order chi connectivity index (χ1) is 25.3. The maximum atomic E-state index is 14.2. The minimum absolute atomic E-state index is 0.0554. The summed E-state index contributed by atoms with van der Waals surface area (Å²) in [6, 6.07) is 3.43. The number of pyridine rings is 2. The van der Waals surface area contributed by atoms with Crippen LogP contribution in [-0.4, -0.2) is 83.6 Å². The van der Waals surface area contributed by atoms with E-state index >= 15 is 0 Å². The largest absolute Gasteiger partial charge is 0.494 e. The highest BCUT2D eigenvalue weighted by Gasteiger charge is 2.67. The normalized spacial score (nSPS) is 23.7. The number of likely N-dealkylation sites (tertiary alicyclic amines) is 1. The Bertz CT molecular complexity index is 2110. The van der Waals surface area contributed by atoms with Gasteiger partial charge in [0.05, 0.1) is 35.8 Å². The maximum Gasteiger partial charge on any atom is 0.417 e. The van der Waals surface area contributed by atoms with E-state index < -0.39 is 79.8 Å². The monoisotopic (exact) mass is 792 g/mol. The fourth-order valence-corrected chi connectivity index (χ4v) is 8.43. The Morgan fingerprint density at radius 3 is 2.44 bits per heavy atom. The average molecular weight is 793 g/mol. The van der Waals surface area contributed by atoms with Gasteiger partial charge < -0.3 is 14.8 Å². The number of amides is 3. The van der Waals surface area contributed by atoms with Crippen molar-refractivity contribution in [1.29, 1.82) is 0 Å². The number of carbonyl (C=O) groups is 3. The number of anilines is 1. The highest BCUT2D eigenvalue weighted by Crippen LogP contribution is 2.53. The summed E-state index contributed by atoms with van der Waals surface area (Å²) in [7, 11) is -2.49. The molecule has 3 aromatic rings. The summed E-state index contributed by atoms with van der Waals surface area (Å²) in [6.45, 7) is 8.77. The second-order valence-corrected chi connectivity index (χ2v) is 17.3. The number of nitrogens with one attached hydrogen (secondary N) is 3. The zero-order valence-electron chi connectivity index (χ0n) is 29.9. The third-order valence-corrected chi connectivity index (χ3v) is 12.0. The van der Waals surface area contributed by atoms with Gasteiger partial charge in [-0.2, -0.15) is 13.2 Å². The van der Waals surface area contributed by atoms with E-state index in [1.165, 1.54) is 19.4 Å². The van der Waals surface area contributed by atoms with Crippen molar-refractivity contribution in [3.63, 3.8) is 0 Å². The van der Waals surface area contributed by atoms with Crippen LogP contribution in [0.2, 0.25) is 5.02 Å². The first kappa shape index (κ1) is 39.2. The zero-order valence-corrected chi connectivity index (χ0v) is 31.4. The van der Waals surface area contributed by atoms with Crippen LogP contribution >= 0.6 is 11.6 Å². The van der Waals surface area contributed by atoms with Crippen LogP contribution in [0, 0.1) is 11.3 Å². The van der Waals surface area contributed by atoms with Crippen molar-refractivity contribution in [3.05, 3.63) is 66.1 Å². The Hall–Kier alpha value is -4.48. The van der Waals surface area contributed by atoms with Gasteiger partial charge in [-0.25, -0.2) is 13.4 Å². The van der Waals surface area contributed by atoms with Gasteiger partial charge in [0.2, 0.25) is 27.7 Å². The third-order valence-electron chi connectivity index (χ3n) is 9.96. The predicted octanol–water partition coefficient (Wildman–Crippen LogP) is 4.86. The molecule has 0 bridgehead atoms. The molecule has 1 aromatic carbocycles. The molecule has 2 aliphatic carbocycles. The highest BCUT2D eigenvalue weighted by atomic mass is 35.5. The van der Waals surface area contributed by atoms with Crippen molar-refractivity contribution >= 4 is 55.8 Å². The minimum atomic E-state index is -4.68. The molecule has 1 saturated heterocycles. The van der Waals surface area contributed by atoms with Gasteiger partial charge in [0.15, 0.2) is 0 Å². The van der Waals surface area contributed by atoms with Crippen LogP contribution in [-0.2, 0) is 30.6 Å². The second-order valence-electron chi connectivity index (χ2n) is 14.9. The number of imide groups is 1. The number of ether oxygens (including phenoxy) is 2. The van der Waals surface area contributed by atoms with E-state index in [9.17, 15) is 36.0 Å². The summed E-state index contributed by atoms with van der Waals surface area (Å²) in [5.41, 5.74) is -3.57. The fraction of sp³-hybridized carbons (Fsp3) is 0.472. The average Bonchev–Trinajstić information content (AvgIpc) is 4.03. The van der Waals surface area contributed by atoms with Crippen molar-refractivity contribution in [2.45, 2.75) is 81.6 Å². The standard InChI is InChI=1S/C36H40ClF3N6O7S/c1-6-19-14-35(19,33(49)45-54(50,51)24-8-9-24)46-18-23(53-32-26-12-21(37)7-10-25(26)28(52-5)17-42-32)13-27(46)30(47)44-31(48)29(34(2,3)4)43-22-11-20(15-41-16-22)36(38,39)40/h6-7,10-12,15-17,19,23-24,27,29,43H,1,8-9,13-14,18H2,2-5H3,(H,45,49)(H,44,47,48)/t19-,23-,27+,29+,35-/m1/s1. The molecular weight excluding hydrogens is 753 g/mol. The van der Waals surface area contributed by atoms with E-state index in [1.807, 2.05) is 0 Å². The number of hydrogen-bond donors (Lipinski definition) is 3. The SMILES string of the molecule is C=C[C@@H]1C[C@@]1(C(=O)NS(=O)(=O)C1CC1)N1C[C@H](Oc2ncc(OC)c3ccc(Cl)cc23)C[C@H]1C(=O)NC(=O)[C@H](Nc1cncc(C(F)(F)F)c1)C(C)(C)C. The number of fused-ring (bicyclic) bond motifs is 1. The molecule has 2 aromatic heterocycles. The topological polar surface area (TPSA) is 169 Å². The lowest BCUT2D eigenvalue weighted by Gasteiger charge is -2.34. The number of rotatable bonds is 12. The Morgan fingerprint density at radius 2 is 1.83 bits per heavy atom. The van der Waals surface area contributed by atoms with Gasteiger partial charge in [-0.05, 0) is 48.9 Å². The number of hydrogen-bond acceptors (Lipinski definition) is 11. The number of alkyl halides is 3. The highest BCUT2D eigenvalue weighted by molar-refractivity contribution is 7.91. The van der Waals surface area contributed by atoms with E-state index in [1.54, 1.807) is 43.9 Å². The Labute approximate surface area is 315 Å². The number of methoxy groups -OCH3 is 1. The lowest BCUT2D eigenvalue weighted by molar-refractivity contribution is -0.138. The van der Waals surface area contributed by atoms with Gasteiger partial charge in [-0.15, -0.1) is 6.58 Å². The predicted molar refractivity (Wildman–Crippen MR) is 193 cm³/mol. The molecule has 3 N–H and O–H groups in total. The summed E-state index contributed by atoms with van der Waals surface area (Å²) in [5, 5.41) is 6.06. The molecule has 5 atom stereocenters. The Morgan fingerprint density at radius 1 is 1.11 bits per heavy atom. The molecule has 1 aliphatic heterocycles. The van der Waals surface area contributed by atoms with Gasteiger partial charge in [0.25, 0.3) is 5.91 Å². The molecule has 3 fully saturated rings. The molecule has 3 heterocycles. The number of benzene rings is 1. The molecule has 290 valence electrons. The van der Waals surface area contributed by atoms with Crippen LogP contribution in [0.5, 0.6) is 11.6 Å². The Kier molecular flexibility index (Phi) is 10.4. The quantitative estimate of drug-likeness (QED) is 0.214. The molecule has 0 spiro atoms. The van der Waals surface area contributed by atoms with Crippen molar-refractivity contribution in [3.8, 4) is 11.6 Å². The van der Waals surface area contributed by atoms with E-state index in [0.29, 0.717) is 40.6 Å². The first-order valence-corrected chi connectivity index (χ1v) is 19.1. The van der Waals surface area contributed by atoms with Crippen molar-refractivity contribution in [2.24, 2.45) is 11.3 Å². The molecule has 3 amide bonds. The van der Waals surface area contributed by atoms with Crippen LogP contribution < -0.4 is 24.8 Å². The molecule has 3 aliphatic rings. The van der Waals surface area contributed by atoms with Gasteiger partial charge in [0, 0.05) is 47.1 Å². The molecule has 2 saturated carbocycles. The van der Waals surface area contributed by atoms with Crippen LogP contribution in [0.3, 0.4) is 0 Å². The van der Waals surface area contributed by atoms with E-state index in [4.69, 9.17) is 21.1 Å². The lowest BCUT2D eigenvalue weighted by Crippen LogP contribution is -2.59. The number of nitrogens with zero attached hydrogens (tertiary/aromatic N) is 3. The van der Waals surface area contributed by atoms with Crippen molar-refractivity contribution in [1.82, 2.24) is 24.9 Å². The van der Waals surface area contributed by atoms with Gasteiger partial charge in [-0.1, -0.05) is 38.4 Å². The summed E-state index contributed by atoms with van der Waals surface area (Å²) in [6.07, 6.45) is 0.194. The van der Waals surface area contributed by atoms with Gasteiger partial charge >= 0.3 is 6.18 Å². The molecule has 0 radical (unpaired) electrons. The summed E-state index contributed by atoms with van der Waals surface area (Å²) in [5.74, 6) is -2.43. The van der Waals surface area contributed by atoms with Crippen LogP contribution in [0.25, 0.3) is 10.8 Å². The summed E-state index contributed by atoms with van der Waals surface area (Å²) in [4.78, 5) is 51.6. The van der Waals surface area contributed by atoms with E-state index in [0.717, 1.165) is 12.3 Å². The Balaban J connectivity index is 1.31. The minimum Gasteiger partial charge on any atom is -0.494 e. The smallest absolute Gasteiger partial charge is 0.417 e. The summed E-state index contributed by atoms with van der Waals surface area (Å²) >= 11 is 6.31. The van der Waals surface area contributed by atoms with Crippen LogP contribution in [0.4, 0.5) is 18.9 Å². The molecule has 54 heavy (non-hydrogen) atoms. The van der Waals surface area contributed by atoms with Crippen molar-refractivity contribution < 1.29 is 45.4 Å². The van der Waals surface area contributed by atoms with Gasteiger partial charge in [-0.3, -0.25) is 34.3 Å². The fourth-order valence-electron chi connectivity index (χ4n) is 6.90. The maximum absolute atomic E-state index is 14.2. The number of halogens is 4. The first-order valence-electron chi connectivity index (χ1n) is 17.2.